The summed E-state index contributed by atoms with van der Waals surface area (Å²) in [7, 11) is 2.85. The SMILES string of the molecule is COc1cccc2c1C(=O)c1c(O)c3c(c(O)c1C2=O)C[C@@](O)(C(=O)NCC(=O)CCSCC(=O)NCCCC(=O)CCOCCOCCOCCOCCN1CCC(C(=O)O)CC1)C[C@@H]3O[C@H]1C[C@H]2[C@H](O[C@@H]3[C@@H](OC)OCCN32)[C@H](C)O1. The van der Waals surface area contributed by atoms with Gasteiger partial charge in [-0.2, -0.15) is 11.8 Å². The number of likely N-dealkylation sites (tertiary alicyclic amines) is 1. The second-order valence-electron chi connectivity index (χ2n) is 21.4. The number of fused-ring (bicyclic) bond motifs is 6. The van der Waals surface area contributed by atoms with Crippen LogP contribution in [0.3, 0.4) is 0 Å². The number of hydrogen-bond acceptors (Lipinski definition) is 23. The lowest BCUT2D eigenvalue weighted by atomic mass is 9.72. The number of Topliss-reactive ketones (excluding diaryl/α,β-unsaturated/α-hetero) is 2. The summed E-state index contributed by atoms with van der Waals surface area (Å²) in [6.07, 6.45) is -3.25. The number of thioether (sulfide) groups is 1. The van der Waals surface area contributed by atoms with Crippen molar-refractivity contribution in [2.45, 2.75) is 113 Å². The molecule has 8 atom stereocenters. The highest BCUT2D eigenvalue weighted by molar-refractivity contribution is 7.99. The fourth-order valence-corrected chi connectivity index (χ4v) is 12.3. The molecule has 0 bridgehead atoms. The van der Waals surface area contributed by atoms with Gasteiger partial charge in [0.2, 0.25) is 11.7 Å². The second-order valence-corrected chi connectivity index (χ2v) is 22.5. The molecule has 26 heteroatoms. The van der Waals surface area contributed by atoms with Crippen LogP contribution in [0, 0.1) is 5.92 Å². The molecule has 25 nitrogen and oxygen atoms in total. The molecule has 0 saturated carbocycles. The average Bonchev–Trinajstić information content (AvgIpc) is 1.70. The number of aliphatic hydroxyl groups is 1. The molecule has 4 fully saturated rings. The first kappa shape index (κ1) is 63.8. The second kappa shape index (κ2) is 30.2. The molecule has 4 aliphatic heterocycles. The molecule has 0 radical (unpaired) electrons. The number of hydrogen-bond donors (Lipinski definition) is 6. The maximum atomic E-state index is 14.2. The number of phenolic OH excluding ortho intramolecular Hbond substituents is 2. The van der Waals surface area contributed by atoms with Crippen molar-refractivity contribution in [3.63, 3.8) is 0 Å². The predicted octanol–water partition coefficient (Wildman–Crippen LogP) is 1.68. The fourth-order valence-electron chi connectivity index (χ4n) is 11.5. The number of methoxy groups -OCH3 is 2. The zero-order valence-corrected chi connectivity index (χ0v) is 48.1. The number of amides is 2. The highest BCUT2D eigenvalue weighted by Crippen LogP contribution is 2.53. The summed E-state index contributed by atoms with van der Waals surface area (Å²) >= 11 is 1.21. The number of rotatable bonds is 32. The van der Waals surface area contributed by atoms with Crippen LogP contribution in [0.4, 0.5) is 0 Å². The van der Waals surface area contributed by atoms with Gasteiger partial charge in [-0.15, -0.1) is 0 Å². The van der Waals surface area contributed by atoms with Crippen LogP contribution in [0.2, 0.25) is 0 Å². The molecule has 2 aliphatic carbocycles. The number of nitrogens with one attached hydrogen (secondary N) is 2. The molecule has 8 rings (SSSR count). The number of phenols is 2. The van der Waals surface area contributed by atoms with Crippen LogP contribution in [0.25, 0.3) is 0 Å². The average molecular weight is 1190 g/mol. The van der Waals surface area contributed by atoms with E-state index in [0.29, 0.717) is 78.7 Å². The molecule has 4 saturated heterocycles. The van der Waals surface area contributed by atoms with Crippen LogP contribution in [0.5, 0.6) is 17.2 Å². The number of ether oxygens (including phenoxy) is 10. The van der Waals surface area contributed by atoms with E-state index in [4.69, 9.17) is 52.5 Å². The molecular weight excluding hydrogens is 1110 g/mol. The molecule has 0 unspecified atom stereocenters. The van der Waals surface area contributed by atoms with Gasteiger partial charge in [-0.3, -0.25) is 38.5 Å². The standard InChI is InChI=1S/C57H78N4O21S/c1-33-52-39(61-17-20-79-55(74-3)53(61)82-52)28-43(80-33)81-41-30-57(72,29-38-45(41)51(68)47-46(49(38)66)48(65)37-7-4-8-40(73-2)44(37)50(47)67)56(71)59-31-36(63)12-27-83-32-42(64)58-13-5-6-35(62)11-18-75-21-23-77-25-26-78-24-22-76-19-16-60-14-9-34(10-15-60)54(69)70/h4,7-8,33-34,39,41,43,52-53,55,66,68,72H,5-6,9-32H2,1-3H3,(H,58,64)(H,59,71)(H,69,70)/t33-,39-,41-,43-,52+,53+,55-,57-/m0/s1. The van der Waals surface area contributed by atoms with Crippen molar-refractivity contribution in [3.8, 4) is 17.2 Å². The summed E-state index contributed by atoms with van der Waals surface area (Å²) < 4.78 is 58.1. The summed E-state index contributed by atoms with van der Waals surface area (Å²) in [6, 6.07) is 4.14. The molecule has 6 aliphatic rings. The van der Waals surface area contributed by atoms with E-state index in [2.05, 4.69) is 20.4 Å². The largest absolute Gasteiger partial charge is 0.507 e. The fraction of sp³-hybridized carbons (Fsp3) is 0.667. The van der Waals surface area contributed by atoms with E-state index < -0.39 is 114 Å². The normalized spacial score (nSPS) is 25.2. The molecule has 2 aromatic carbocycles. The smallest absolute Gasteiger partial charge is 0.306 e. The first-order valence-corrected chi connectivity index (χ1v) is 29.6. The zero-order chi connectivity index (χ0) is 59.2. The van der Waals surface area contributed by atoms with Gasteiger partial charge in [0.25, 0.3) is 5.91 Å². The Morgan fingerprint density at radius 2 is 1.52 bits per heavy atom. The summed E-state index contributed by atoms with van der Waals surface area (Å²) in [6.45, 7) is 8.02. The maximum Gasteiger partial charge on any atom is 0.306 e. The van der Waals surface area contributed by atoms with Gasteiger partial charge >= 0.3 is 5.97 Å². The lowest BCUT2D eigenvalue weighted by Crippen LogP contribution is -2.55. The highest BCUT2D eigenvalue weighted by Gasteiger charge is 2.55. The Morgan fingerprint density at radius 1 is 0.819 bits per heavy atom. The third-order valence-corrected chi connectivity index (χ3v) is 16.9. The van der Waals surface area contributed by atoms with Crippen molar-refractivity contribution in [2.24, 2.45) is 5.92 Å². The van der Waals surface area contributed by atoms with Gasteiger partial charge in [0.1, 0.15) is 34.7 Å². The number of ketones is 4. The number of carbonyl (C=O) groups excluding carboxylic acids is 6. The molecule has 2 aromatic rings. The van der Waals surface area contributed by atoms with E-state index >= 15 is 0 Å². The number of benzene rings is 2. The number of carboxylic acid groups (broad SMARTS) is 1. The van der Waals surface area contributed by atoms with Crippen molar-refractivity contribution in [2.75, 3.05) is 124 Å². The molecule has 0 aromatic heterocycles. The monoisotopic (exact) mass is 1190 g/mol. The molecule has 4 heterocycles. The number of carbonyl (C=O) groups is 7. The van der Waals surface area contributed by atoms with Crippen LogP contribution >= 0.6 is 11.8 Å². The van der Waals surface area contributed by atoms with Gasteiger partial charge in [-0.1, -0.05) is 12.1 Å². The summed E-state index contributed by atoms with van der Waals surface area (Å²) in [5.74, 6) is -5.25. The number of nitrogens with zero attached hydrogens (tertiary/aromatic N) is 2. The molecule has 0 spiro atoms. The van der Waals surface area contributed by atoms with Crippen LogP contribution < -0.4 is 15.4 Å². The minimum Gasteiger partial charge on any atom is -0.507 e. The van der Waals surface area contributed by atoms with Gasteiger partial charge in [-0.25, -0.2) is 0 Å². The first-order valence-electron chi connectivity index (χ1n) is 28.4. The van der Waals surface area contributed by atoms with E-state index in [9.17, 15) is 48.9 Å². The van der Waals surface area contributed by atoms with Crippen LogP contribution in [-0.2, 0) is 73.0 Å². The lowest BCUT2D eigenvalue weighted by molar-refractivity contribution is -0.256. The maximum absolute atomic E-state index is 14.2. The molecule has 458 valence electrons. The van der Waals surface area contributed by atoms with Crippen LogP contribution in [-0.4, -0.2) is 238 Å². The summed E-state index contributed by atoms with van der Waals surface area (Å²) in [5.41, 5.74) is -3.90. The Bertz CT molecular complexity index is 2640. The zero-order valence-electron chi connectivity index (χ0n) is 47.3. The molecule has 6 N–H and O–H groups in total. The van der Waals surface area contributed by atoms with E-state index in [1.54, 1.807) is 6.92 Å². The Labute approximate surface area is 485 Å². The number of piperidine rings is 1. The Balaban J connectivity index is 0.730. The molecular formula is C57H78N4O21S. The summed E-state index contributed by atoms with van der Waals surface area (Å²) in [5, 5.41) is 50.8. The minimum absolute atomic E-state index is 0.000464. The predicted molar refractivity (Wildman–Crippen MR) is 293 cm³/mol. The molecule has 2 amide bonds. The van der Waals surface area contributed by atoms with Gasteiger partial charge in [0.15, 0.2) is 30.4 Å². The van der Waals surface area contributed by atoms with E-state index in [1.807, 2.05) is 0 Å². The Kier molecular flexibility index (Phi) is 23.2. The number of aliphatic carboxylic acids is 1. The third kappa shape index (κ3) is 15.8. The van der Waals surface area contributed by atoms with Gasteiger partial charge in [-0.05, 0) is 45.3 Å². The lowest BCUT2D eigenvalue weighted by Gasteiger charge is -2.43. The molecule has 83 heavy (non-hydrogen) atoms. The Morgan fingerprint density at radius 3 is 2.22 bits per heavy atom. The van der Waals surface area contributed by atoms with Crippen LogP contribution in [0.15, 0.2) is 18.2 Å². The van der Waals surface area contributed by atoms with E-state index in [1.165, 1.54) is 44.2 Å². The number of morpholine rings is 1. The quantitative estimate of drug-likeness (QED) is 0.0383. The number of carboxylic acids is 1. The Hall–Kier alpha value is -5.20. The van der Waals surface area contributed by atoms with Crippen molar-refractivity contribution in [1.29, 1.82) is 0 Å². The first-order chi connectivity index (χ1) is 40.0. The van der Waals surface area contributed by atoms with Crippen molar-refractivity contribution < 1.29 is 101 Å². The van der Waals surface area contributed by atoms with Crippen LogP contribution in [0.1, 0.15) is 107 Å². The van der Waals surface area contributed by atoms with Gasteiger partial charge in [0.05, 0.1) is 114 Å². The van der Waals surface area contributed by atoms with Gasteiger partial charge in [0, 0.05) is 93.8 Å². The highest BCUT2D eigenvalue weighted by atomic mass is 32.2. The number of aromatic hydroxyl groups is 2. The van der Waals surface area contributed by atoms with Crippen molar-refractivity contribution in [3.05, 3.63) is 51.6 Å². The van der Waals surface area contributed by atoms with Crippen molar-refractivity contribution >= 4 is 52.7 Å². The van der Waals surface area contributed by atoms with E-state index in [-0.39, 0.29) is 102 Å². The minimum atomic E-state index is -2.39. The van der Waals surface area contributed by atoms with E-state index in [0.717, 1.165) is 19.6 Å². The topological polar surface area (TPSA) is 323 Å². The van der Waals surface area contributed by atoms with Gasteiger partial charge < -0.3 is 83.3 Å². The summed E-state index contributed by atoms with van der Waals surface area (Å²) in [4.78, 5) is 95.7. The third-order valence-electron chi connectivity index (χ3n) is 15.9. The van der Waals surface area contributed by atoms with Crippen molar-refractivity contribution in [1.82, 2.24) is 20.4 Å².